The van der Waals surface area contributed by atoms with E-state index in [1.165, 1.54) is 24.0 Å². The van der Waals surface area contributed by atoms with Crippen LogP contribution < -0.4 is 0 Å². The summed E-state index contributed by atoms with van der Waals surface area (Å²) in [6.07, 6.45) is 18.8. The SMILES string of the molecule is CC1CCC(OC2=CCC3C=CC(C(C)N4C5CC[C@H]4CC(C(=O)O)C5)=CC3=C2Cl)CC1. The molecular formula is C27H36ClNO3. The minimum atomic E-state index is -0.625. The van der Waals surface area contributed by atoms with Gasteiger partial charge in [-0.15, -0.1) is 0 Å². The molecule has 2 bridgehead atoms. The molecule has 5 aliphatic rings. The maximum atomic E-state index is 11.6. The lowest BCUT2D eigenvalue weighted by Crippen LogP contribution is -2.49. The number of allylic oxidation sites excluding steroid dienone is 5. The van der Waals surface area contributed by atoms with Gasteiger partial charge < -0.3 is 9.84 Å². The molecule has 4 nitrogen and oxygen atoms in total. The molecule has 3 fully saturated rings. The zero-order valence-electron chi connectivity index (χ0n) is 19.3. The molecular weight excluding hydrogens is 422 g/mol. The number of halogens is 1. The van der Waals surface area contributed by atoms with Gasteiger partial charge in [-0.25, -0.2) is 0 Å². The number of hydrogen-bond donors (Lipinski definition) is 1. The molecule has 2 saturated heterocycles. The minimum absolute atomic E-state index is 0.181. The molecule has 32 heavy (non-hydrogen) atoms. The van der Waals surface area contributed by atoms with Crippen LogP contribution in [0, 0.1) is 17.8 Å². The Kier molecular flexibility index (Phi) is 6.28. The molecule has 0 aromatic carbocycles. The summed E-state index contributed by atoms with van der Waals surface area (Å²) in [4.78, 5) is 14.1. The number of nitrogens with zero attached hydrogens (tertiary/aromatic N) is 1. The highest BCUT2D eigenvalue weighted by Crippen LogP contribution is 2.44. The number of carboxylic acids is 1. The van der Waals surface area contributed by atoms with E-state index in [2.05, 4.69) is 43.1 Å². The number of carbonyl (C=O) groups is 1. The standard InChI is InChI=1S/C27H36ClNO3/c1-16-3-10-23(11-4-16)32-25-12-7-18-5-6-19(15-24(18)26(25)28)17(2)29-21-8-9-22(29)14-20(13-21)27(30)31/h5-6,12,15-18,20-23H,3-4,7-11,13-14H2,1-2H3,(H,30,31)/t16?,17?,18?,20?,21-,22?,23?/m0/s1. The van der Waals surface area contributed by atoms with Gasteiger partial charge in [0, 0.05) is 24.0 Å². The lowest BCUT2D eigenvalue weighted by Gasteiger charge is -2.42. The molecule has 0 amide bonds. The van der Waals surface area contributed by atoms with Crippen molar-refractivity contribution in [2.75, 3.05) is 0 Å². The Labute approximate surface area is 197 Å². The summed E-state index contributed by atoms with van der Waals surface area (Å²) in [5.74, 6) is 1.20. The van der Waals surface area contributed by atoms with E-state index in [9.17, 15) is 9.90 Å². The van der Waals surface area contributed by atoms with Crippen LogP contribution in [0.4, 0.5) is 0 Å². The topological polar surface area (TPSA) is 49.8 Å². The Morgan fingerprint density at radius 3 is 2.50 bits per heavy atom. The zero-order valence-corrected chi connectivity index (χ0v) is 20.1. The molecule has 3 aliphatic carbocycles. The average Bonchev–Trinajstić information content (AvgIpc) is 3.05. The first-order valence-electron chi connectivity index (χ1n) is 12.6. The first-order valence-corrected chi connectivity index (χ1v) is 13.0. The van der Waals surface area contributed by atoms with Gasteiger partial charge in [0.15, 0.2) is 0 Å². The zero-order chi connectivity index (χ0) is 22.4. The maximum Gasteiger partial charge on any atom is 0.306 e. The smallest absolute Gasteiger partial charge is 0.306 e. The van der Waals surface area contributed by atoms with Crippen molar-refractivity contribution >= 4 is 17.6 Å². The highest BCUT2D eigenvalue weighted by Gasteiger charge is 2.45. The molecule has 5 heteroatoms. The van der Waals surface area contributed by atoms with Gasteiger partial charge in [0.2, 0.25) is 0 Å². The van der Waals surface area contributed by atoms with Crippen LogP contribution in [0.15, 0.2) is 46.2 Å². The fourth-order valence-electron chi connectivity index (χ4n) is 6.67. The number of hydrogen-bond acceptors (Lipinski definition) is 3. The van der Waals surface area contributed by atoms with Crippen LogP contribution in [0.5, 0.6) is 0 Å². The highest BCUT2D eigenvalue weighted by molar-refractivity contribution is 6.32. The second-order valence-electron chi connectivity index (χ2n) is 10.7. The Bertz CT molecular complexity index is 865. The number of ether oxygens (including phenoxy) is 1. The summed E-state index contributed by atoms with van der Waals surface area (Å²) in [7, 11) is 0. The van der Waals surface area contributed by atoms with Crippen molar-refractivity contribution in [3.8, 4) is 0 Å². The molecule has 0 aromatic heterocycles. The number of rotatable bonds is 5. The van der Waals surface area contributed by atoms with Crippen LogP contribution in [0.2, 0.25) is 0 Å². The Morgan fingerprint density at radius 2 is 1.84 bits per heavy atom. The first-order chi connectivity index (χ1) is 15.4. The first kappa shape index (κ1) is 22.3. The van der Waals surface area contributed by atoms with Crippen molar-refractivity contribution in [1.82, 2.24) is 4.90 Å². The van der Waals surface area contributed by atoms with E-state index in [0.717, 1.165) is 61.7 Å². The van der Waals surface area contributed by atoms with Crippen LogP contribution in [0.1, 0.15) is 71.6 Å². The fourth-order valence-corrected chi connectivity index (χ4v) is 6.99. The van der Waals surface area contributed by atoms with Gasteiger partial charge in [0.1, 0.15) is 5.76 Å². The predicted octanol–water partition coefficient (Wildman–Crippen LogP) is 6.19. The second kappa shape index (κ2) is 9.02. The molecule has 1 saturated carbocycles. The van der Waals surface area contributed by atoms with E-state index in [1.807, 2.05) is 0 Å². The second-order valence-corrected chi connectivity index (χ2v) is 11.1. The van der Waals surface area contributed by atoms with Gasteiger partial charge >= 0.3 is 5.97 Å². The summed E-state index contributed by atoms with van der Waals surface area (Å²) in [6.45, 7) is 4.60. The molecule has 4 unspecified atom stereocenters. The summed E-state index contributed by atoms with van der Waals surface area (Å²) >= 11 is 6.91. The van der Waals surface area contributed by atoms with Gasteiger partial charge in [-0.2, -0.15) is 0 Å². The number of aliphatic carboxylic acids is 1. The summed E-state index contributed by atoms with van der Waals surface area (Å²) < 4.78 is 6.38. The van der Waals surface area contributed by atoms with Gasteiger partial charge in [-0.05, 0) is 87.9 Å². The van der Waals surface area contributed by atoms with Crippen molar-refractivity contribution < 1.29 is 14.6 Å². The van der Waals surface area contributed by atoms with E-state index in [1.54, 1.807) is 0 Å². The maximum absolute atomic E-state index is 11.6. The van der Waals surface area contributed by atoms with E-state index in [4.69, 9.17) is 16.3 Å². The van der Waals surface area contributed by atoms with Crippen LogP contribution in [-0.4, -0.2) is 40.2 Å². The minimum Gasteiger partial charge on any atom is -0.489 e. The van der Waals surface area contributed by atoms with E-state index < -0.39 is 5.97 Å². The Hall–Kier alpha value is -1.52. The Balaban J connectivity index is 1.32. The largest absolute Gasteiger partial charge is 0.489 e. The van der Waals surface area contributed by atoms with E-state index in [-0.39, 0.29) is 18.1 Å². The molecule has 0 aromatic rings. The van der Waals surface area contributed by atoms with E-state index >= 15 is 0 Å². The van der Waals surface area contributed by atoms with Gasteiger partial charge in [-0.3, -0.25) is 9.69 Å². The molecule has 5 rings (SSSR count). The normalized spacial score (nSPS) is 38.1. The van der Waals surface area contributed by atoms with Gasteiger partial charge in [0.25, 0.3) is 0 Å². The van der Waals surface area contributed by atoms with Crippen molar-refractivity contribution in [2.45, 2.75) is 95.9 Å². The van der Waals surface area contributed by atoms with Crippen molar-refractivity contribution in [3.05, 3.63) is 46.2 Å². The third-order valence-corrected chi connectivity index (χ3v) is 9.00. The quantitative estimate of drug-likeness (QED) is 0.534. The van der Waals surface area contributed by atoms with Crippen LogP contribution in [0.25, 0.3) is 0 Å². The van der Waals surface area contributed by atoms with Crippen LogP contribution in [0.3, 0.4) is 0 Å². The van der Waals surface area contributed by atoms with Crippen molar-refractivity contribution in [1.29, 1.82) is 0 Å². The lowest BCUT2D eigenvalue weighted by molar-refractivity contribution is -0.144. The molecule has 2 aliphatic heterocycles. The van der Waals surface area contributed by atoms with Gasteiger partial charge in [-0.1, -0.05) is 36.8 Å². The molecule has 2 heterocycles. The van der Waals surface area contributed by atoms with Gasteiger partial charge in [0.05, 0.1) is 17.1 Å². The average molecular weight is 458 g/mol. The molecule has 5 atom stereocenters. The molecule has 174 valence electrons. The lowest BCUT2D eigenvalue weighted by atomic mass is 9.82. The number of piperidine rings is 1. The van der Waals surface area contributed by atoms with Crippen LogP contribution in [-0.2, 0) is 9.53 Å². The number of fused-ring (bicyclic) bond motifs is 3. The Morgan fingerprint density at radius 1 is 1.16 bits per heavy atom. The van der Waals surface area contributed by atoms with E-state index in [0.29, 0.717) is 18.0 Å². The van der Waals surface area contributed by atoms with Crippen molar-refractivity contribution in [2.24, 2.45) is 17.8 Å². The molecule has 0 spiro atoms. The number of carboxylic acid groups (broad SMARTS) is 1. The third kappa shape index (κ3) is 4.21. The van der Waals surface area contributed by atoms with Crippen molar-refractivity contribution in [3.63, 3.8) is 0 Å². The summed E-state index contributed by atoms with van der Waals surface area (Å²) in [6, 6.07) is 1.02. The molecule has 1 N–H and O–H groups in total. The molecule has 0 radical (unpaired) electrons. The fraction of sp³-hybridized carbons (Fsp3) is 0.667. The monoisotopic (exact) mass is 457 g/mol. The summed E-state index contributed by atoms with van der Waals surface area (Å²) in [5, 5.41) is 10.3. The third-order valence-electron chi connectivity index (χ3n) is 8.59. The predicted molar refractivity (Wildman–Crippen MR) is 127 cm³/mol. The van der Waals surface area contributed by atoms with Crippen LogP contribution >= 0.6 is 11.6 Å². The summed E-state index contributed by atoms with van der Waals surface area (Å²) in [5.41, 5.74) is 2.47. The highest BCUT2D eigenvalue weighted by atomic mass is 35.5.